The first-order valence-corrected chi connectivity index (χ1v) is 7.71. The van der Waals surface area contributed by atoms with Crippen LogP contribution in [0.4, 0.5) is 11.5 Å². The van der Waals surface area contributed by atoms with Crippen molar-refractivity contribution in [2.45, 2.75) is 18.7 Å². The van der Waals surface area contributed by atoms with Gasteiger partial charge < -0.3 is 10.5 Å². The molecule has 0 amide bonds. The smallest absolute Gasteiger partial charge is 0.266 e. The molecule has 0 fully saturated rings. The van der Waals surface area contributed by atoms with Gasteiger partial charge >= 0.3 is 0 Å². The highest BCUT2D eigenvalue weighted by molar-refractivity contribution is 7.92. The molecule has 2 rings (SSSR count). The Kier molecular flexibility index (Phi) is 4.04. The van der Waals surface area contributed by atoms with Crippen molar-refractivity contribution >= 4 is 21.5 Å². The minimum absolute atomic E-state index is 0.0172. The van der Waals surface area contributed by atoms with Crippen LogP contribution in [0.5, 0.6) is 5.75 Å². The van der Waals surface area contributed by atoms with E-state index in [0.717, 1.165) is 11.1 Å². The zero-order valence-corrected chi connectivity index (χ0v) is 12.9. The van der Waals surface area contributed by atoms with Gasteiger partial charge in [-0.3, -0.25) is 4.72 Å². The fraction of sp³-hybridized carbons (Fsp3) is 0.214. The van der Waals surface area contributed by atoms with E-state index in [0.29, 0.717) is 5.69 Å². The van der Waals surface area contributed by atoms with E-state index in [1.165, 1.54) is 19.4 Å². The number of methoxy groups -OCH3 is 1. The molecule has 1 heterocycles. The fourth-order valence-corrected chi connectivity index (χ4v) is 3.02. The summed E-state index contributed by atoms with van der Waals surface area (Å²) in [5, 5.41) is 0. The summed E-state index contributed by atoms with van der Waals surface area (Å²) >= 11 is 0. The molecule has 0 unspecified atom stereocenters. The Balaban J connectivity index is 2.47. The lowest BCUT2D eigenvalue weighted by atomic mass is 10.2. The molecule has 112 valence electrons. The maximum absolute atomic E-state index is 12.5. The first-order chi connectivity index (χ1) is 9.83. The maximum Gasteiger partial charge on any atom is 0.266 e. The van der Waals surface area contributed by atoms with Gasteiger partial charge in [0.05, 0.1) is 7.11 Å². The van der Waals surface area contributed by atoms with Crippen LogP contribution in [0, 0.1) is 13.8 Å². The van der Waals surface area contributed by atoms with Crippen LogP contribution in [-0.4, -0.2) is 20.5 Å². The quantitative estimate of drug-likeness (QED) is 0.843. The number of ether oxygens (including phenoxy) is 1. The molecule has 0 spiro atoms. The average molecular weight is 307 g/mol. The predicted octanol–water partition coefficient (Wildman–Crippen LogP) is 2.09. The average Bonchev–Trinajstić information content (AvgIpc) is 2.40. The lowest BCUT2D eigenvalue weighted by Crippen LogP contribution is -2.15. The fourth-order valence-electron chi connectivity index (χ4n) is 1.83. The second-order valence-electron chi connectivity index (χ2n) is 4.68. The molecule has 0 aliphatic rings. The van der Waals surface area contributed by atoms with E-state index >= 15 is 0 Å². The Morgan fingerprint density at radius 2 is 1.95 bits per heavy atom. The van der Waals surface area contributed by atoms with Crippen LogP contribution in [0.25, 0.3) is 0 Å². The summed E-state index contributed by atoms with van der Waals surface area (Å²) < 4.78 is 32.5. The van der Waals surface area contributed by atoms with E-state index in [1.54, 1.807) is 25.1 Å². The summed E-state index contributed by atoms with van der Waals surface area (Å²) in [5.41, 5.74) is 7.83. The number of nitrogen functional groups attached to an aromatic ring is 1. The number of sulfonamides is 1. The van der Waals surface area contributed by atoms with Crippen molar-refractivity contribution < 1.29 is 13.2 Å². The Morgan fingerprint density at radius 3 is 2.57 bits per heavy atom. The number of nitrogens with zero attached hydrogens (tertiary/aromatic N) is 1. The molecule has 1 aromatic heterocycles. The molecule has 0 atom stereocenters. The molecular formula is C14H17N3O3S. The van der Waals surface area contributed by atoms with Gasteiger partial charge in [-0.05, 0) is 49.2 Å². The SMILES string of the molecule is COc1cc(C)c(N)cc1S(=O)(=O)Nc1cc(C)ccn1. The monoisotopic (exact) mass is 307 g/mol. The van der Waals surface area contributed by atoms with E-state index in [4.69, 9.17) is 10.5 Å². The van der Waals surface area contributed by atoms with Crippen molar-refractivity contribution in [3.63, 3.8) is 0 Å². The third-order valence-corrected chi connectivity index (χ3v) is 4.37. The maximum atomic E-state index is 12.5. The van der Waals surface area contributed by atoms with Crippen molar-refractivity contribution in [1.29, 1.82) is 0 Å². The van der Waals surface area contributed by atoms with Gasteiger partial charge in [0.25, 0.3) is 10.0 Å². The van der Waals surface area contributed by atoms with Crippen LogP contribution in [-0.2, 0) is 10.0 Å². The molecule has 0 saturated carbocycles. The molecule has 3 N–H and O–H groups in total. The number of rotatable bonds is 4. The second kappa shape index (κ2) is 5.61. The number of aromatic nitrogens is 1. The summed E-state index contributed by atoms with van der Waals surface area (Å²) in [4.78, 5) is 3.97. The van der Waals surface area contributed by atoms with E-state index in [9.17, 15) is 8.42 Å². The Labute approximate surface area is 124 Å². The van der Waals surface area contributed by atoms with Crippen molar-refractivity contribution in [3.8, 4) is 5.75 Å². The second-order valence-corrected chi connectivity index (χ2v) is 6.33. The van der Waals surface area contributed by atoms with Gasteiger partial charge in [0.2, 0.25) is 0 Å². The topological polar surface area (TPSA) is 94.3 Å². The standard InChI is InChI=1S/C14H17N3O3S/c1-9-4-5-16-14(6-9)17-21(18,19)13-8-11(15)10(2)7-12(13)20-3/h4-8H,15H2,1-3H3,(H,16,17). The number of pyridine rings is 1. The molecular weight excluding hydrogens is 290 g/mol. The summed E-state index contributed by atoms with van der Waals surface area (Å²) in [7, 11) is -2.42. The van der Waals surface area contributed by atoms with Gasteiger partial charge in [-0.1, -0.05) is 0 Å². The van der Waals surface area contributed by atoms with E-state index in [1.807, 2.05) is 6.92 Å². The Bertz CT molecular complexity index is 773. The lowest BCUT2D eigenvalue weighted by molar-refractivity contribution is 0.402. The molecule has 0 aliphatic carbocycles. The van der Waals surface area contributed by atoms with Gasteiger partial charge in [0, 0.05) is 11.9 Å². The summed E-state index contributed by atoms with van der Waals surface area (Å²) in [5.74, 6) is 0.484. The Morgan fingerprint density at radius 1 is 1.24 bits per heavy atom. The molecule has 0 saturated heterocycles. The number of hydrogen-bond donors (Lipinski definition) is 2. The molecule has 0 bridgehead atoms. The predicted molar refractivity (Wildman–Crippen MR) is 81.9 cm³/mol. The van der Waals surface area contributed by atoms with E-state index in [2.05, 4.69) is 9.71 Å². The number of aryl methyl sites for hydroxylation is 2. The first-order valence-electron chi connectivity index (χ1n) is 6.23. The lowest BCUT2D eigenvalue weighted by Gasteiger charge is -2.13. The number of nitrogens with two attached hydrogens (primary N) is 1. The number of benzene rings is 1. The molecule has 7 heteroatoms. The van der Waals surface area contributed by atoms with Gasteiger partial charge in [-0.25, -0.2) is 13.4 Å². The molecule has 6 nitrogen and oxygen atoms in total. The molecule has 0 radical (unpaired) electrons. The minimum Gasteiger partial charge on any atom is -0.495 e. The Hall–Kier alpha value is -2.28. The molecule has 1 aromatic carbocycles. The van der Waals surface area contributed by atoms with Crippen molar-refractivity contribution in [2.75, 3.05) is 17.6 Å². The van der Waals surface area contributed by atoms with Crippen LogP contribution in [0.2, 0.25) is 0 Å². The van der Waals surface area contributed by atoms with Gasteiger partial charge in [0.15, 0.2) is 0 Å². The third kappa shape index (κ3) is 3.25. The van der Waals surface area contributed by atoms with Crippen molar-refractivity contribution in [2.24, 2.45) is 0 Å². The summed E-state index contributed by atoms with van der Waals surface area (Å²) in [6, 6.07) is 6.39. The number of hydrogen-bond acceptors (Lipinski definition) is 5. The summed E-state index contributed by atoms with van der Waals surface area (Å²) in [6.45, 7) is 3.63. The van der Waals surface area contributed by atoms with E-state index in [-0.39, 0.29) is 16.5 Å². The minimum atomic E-state index is -3.83. The van der Waals surface area contributed by atoms with Crippen LogP contribution >= 0.6 is 0 Å². The van der Waals surface area contributed by atoms with Crippen LogP contribution < -0.4 is 15.2 Å². The largest absolute Gasteiger partial charge is 0.495 e. The number of nitrogens with one attached hydrogen (secondary N) is 1. The van der Waals surface area contributed by atoms with E-state index < -0.39 is 10.0 Å². The first kappa shape index (κ1) is 15.1. The molecule has 21 heavy (non-hydrogen) atoms. The van der Waals surface area contributed by atoms with Gasteiger partial charge in [-0.15, -0.1) is 0 Å². The van der Waals surface area contributed by atoms with Crippen LogP contribution in [0.1, 0.15) is 11.1 Å². The van der Waals surface area contributed by atoms with Gasteiger partial charge in [0.1, 0.15) is 16.5 Å². The van der Waals surface area contributed by atoms with Crippen molar-refractivity contribution in [1.82, 2.24) is 4.98 Å². The van der Waals surface area contributed by atoms with Crippen LogP contribution in [0.15, 0.2) is 35.4 Å². The zero-order chi connectivity index (χ0) is 15.6. The third-order valence-electron chi connectivity index (χ3n) is 3.00. The highest BCUT2D eigenvalue weighted by atomic mass is 32.2. The molecule has 0 aliphatic heterocycles. The molecule has 2 aromatic rings. The van der Waals surface area contributed by atoms with Crippen LogP contribution in [0.3, 0.4) is 0 Å². The summed E-state index contributed by atoms with van der Waals surface area (Å²) in [6.07, 6.45) is 1.54. The van der Waals surface area contributed by atoms with Gasteiger partial charge in [-0.2, -0.15) is 0 Å². The van der Waals surface area contributed by atoms with Crippen molar-refractivity contribution in [3.05, 3.63) is 41.6 Å². The highest BCUT2D eigenvalue weighted by Gasteiger charge is 2.21. The highest BCUT2D eigenvalue weighted by Crippen LogP contribution is 2.30. The zero-order valence-electron chi connectivity index (χ0n) is 12.0. The normalized spacial score (nSPS) is 11.2. The number of anilines is 2.